The molecule has 3 heteroatoms. The van der Waals surface area contributed by atoms with Crippen molar-refractivity contribution < 1.29 is 0 Å². The third kappa shape index (κ3) is 2.18. The summed E-state index contributed by atoms with van der Waals surface area (Å²) in [7, 11) is 2.11. The normalized spacial score (nSPS) is 15.1. The van der Waals surface area contributed by atoms with Crippen LogP contribution in [-0.2, 0) is 0 Å². The molecule has 1 fully saturated rings. The molecule has 0 atom stereocenters. The van der Waals surface area contributed by atoms with Crippen molar-refractivity contribution in [2.75, 3.05) is 24.2 Å². The van der Waals surface area contributed by atoms with Crippen molar-refractivity contribution >= 4 is 22.4 Å². The van der Waals surface area contributed by atoms with Crippen LogP contribution in [0.2, 0.25) is 0 Å². The first-order chi connectivity index (χ1) is 8.22. The Labute approximate surface area is 101 Å². The number of nitrogens with zero attached hydrogens (tertiary/aromatic N) is 2. The maximum Gasteiger partial charge on any atom is 0.128 e. The van der Waals surface area contributed by atoms with Gasteiger partial charge in [0.05, 0.1) is 5.52 Å². The molecule has 1 aliphatic rings. The van der Waals surface area contributed by atoms with Gasteiger partial charge in [-0.2, -0.15) is 0 Å². The smallest absolute Gasteiger partial charge is 0.128 e. The molecule has 17 heavy (non-hydrogen) atoms. The molecule has 1 heterocycles. The van der Waals surface area contributed by atoms with E-state index in [0.29, 0.717) is 0 Å². The van der Waals surface area contributed by atoms with Gasteiger partial charge in [0.2, 0.25) is 0 Å². The van der Waals surface area contributed by atoms with E-state index in [1.165, 1.54) is 12.8 Å². The van der Waals surface area contributed by atoms with Crippen LogP contribution in [-0.4, -0.2) is 18.6 Å². The van der Waals surface area contributed by atoms with Crippen molar-refractivity contribution in [3.63, 3.8) is 0 Å². The van der Waals surface area contributed by atoms with Crippen molar-refractivity contribution in [1.82, 2.24) is 4.98 Å². The summed E-state index contributed by atoms with van der Waals surface area (Å²) in [6.07, 6.45) is 2.74. The van der Waals surface area contributed by atoms with E-state index in [1.54, 1.807) is 0 Å². The van der Waals surface area contributed by atoms with E-state index < -0.39 is 0 Å². The molecule has 1 saturated carbocycles. The van der Waals surface area contributed by atoms with Gasteiger partial charge in [-0.15, -0.1) is 0 Å². The third-order valence-corrected chi connectivity index (χ3v) is 3.32. The number of nitrogen functional groups attached to an aromatic ring is 1. The summed E-state index contributed by atoms with van der Waals surface area (Å²) < 4.78 is 0. The number of hydrogen-bond donors (Lipinski definition) is 1. The quantitative estimate of drug-likeness (QED) is 0.820. The van der Waals surface area contributed by atoms with E-state index in [-0.39, 0.29) is 0 Å². The highest BCUT2D eigenvalue weighted by atomic mass is 15.2. The zero-order valence-corrected chi connectivity index (χ0v) is 10.1. The lowest BCUT2D eigenvalue weighted by atomic mass is 10.2. The first-order valence-corrected chi connectivity index (χ1v) is 6.10. The molecule has 1 aromatic carbocycles. The van der Waals surface area contributed by atoms with Crippen LogP contribution in [0.3, 0.4) is 0 Å². The van der Waals surface area contributed by atoms with Gasteiger partial charge in [0.1, 0.15) is 5.82 Å². The zero-order valence-electron chi connectivity index (χ0n) is 10.1. The fourth-order valence-corrected chi connectivity index (χ4v) is 2.13. The molecule has 0 aliphatic heterocycles. The Bertz CT molecular complexity index is 546. The lowest BCUT2D eigenvalue weighted by Crippen LogP contribution is -2.20. The lowest BCUT2D eigenvalue weighted by Gasteiger charge is -2.18. The summed E-state index contributed by atoms with van der Waals surface area (Å²) in [5.41, 5.74) is 7.56. The van der Waals surface area contributed by atoms with E-state index >= 15 is 0 Å². The molecule has 0 saturated heterocycles. The van der Waals surface area contributed by atoms with E-state index in [2.05, 4.69) is 29.1 Å². The van der Waals surface area contributed by atoms with Gasteiger partial charge in [-0.3, -0.25) is 0 Å². The van der Waals surface area contributed by atoms with Gasteiger partial charge < -0.3 is 10.6 Å². The van der Waals surface area contributed by atoms with Crippen LogP contribution in [0.5, 0.6) is 0 Å². The van der Waals surface area contributed by atoms with Gasteiger partial charge in [0.25, 0.3) is 0 Å². The topological polar surface area (TPSA) is 42.1 Å². The molecule has 88 valence electrons. The molecule has 2 aromatic rings. The van der Waals surface area contributed by atoms with Crippen LogP contribution in [0.1, 0.15) is 12.8 Å². The molecule has 3 rings (SSSR count). The Morgan fingerprint density at radius 1 is 1.29 bits per heavy atom. The summed E-state index contributed by atoms with van der Waals surface area (Å²) in [5.74, 6) is 1.93. The Morgan fingerprint density at radius 2 is 2.12 bits per heavy atom. The summed E-state index contributed by atoms with van der Waals surface area (Å²) in [6.45, 7) is 1.12. The standard InChI is InChI=1S/C14H17N3/c1-17(9-10-2-3-10)14-7-4-11-8-12(15)5-6-13(11)16-14/h4-8,10H,2-3,9,15H2,1H3. The second kappa shape index (κ2) is 3.91. The summed E-state index contributed by atoms with van der Waals surface area (Å²) >= 11 is 0. The van der Waals surface area contributed by atoms with Crippen LogP contribution in [0.15, 0.2) is 30.3 Å². The van der Waals surface area contributed by atoms with Crippen molar-refractivity contribution in [1.29, 1.82) is 0 Å². The van der Waals surface area contributed by atoms with Gasteiger partial charge >= 0.3 is 0 Å². The van der Waals surface area contributed by atoms with Crippen molar-refractivity contribution in [2.24, 2.45) is 5.92 Å². The van der Waals surface area contributed by atoms with E-state index in [4.69, 9.17) is 5.73 Å². The Morgan fingerprint density at radius 3 is 2.88 bits per heavy atom. The largest absolute Gasteiger partial charge is 0.399 e. The summed E-state index contributed by atoms with van der Waals surface area (Å²) in [4.78, 5) is 6.91. The number of fused-ring (bicyclic) bond motifs is 1. The monoisotopic (exact) mass is 227 g/mol. The van der Waals surface area contributed by atoms with Gasteiger partial charge in [0.15, 0.2) is 0 Å². The second-order valence-electron chi connectivity index (χ2n) is 4.95. The maximum absolute atomic E-state index is 5.76. The molecule has 0 amide bonds. The third-order valence-electron chi connectivity index (χ3n) is 3.32. The van der Waals surface area contributed by atoms with Gasteiger partial charge in [-0.05, 0) is 49.1 Å². The second-order valence-corrected chi connectivity index (χ2v) is 4.95. The van der Waals surface area contributed by atoms with Gasteiger partial charge in [-0.1, -0.05) is 0 Å². The van der Waals surface area contributed by atoms with E-state index in [9.17, 15) is 0 Å². The van der Waals surface area contributed by atoms with Gasteiger partial charge in [-0.25, -0.2) is 4.98 Å². The van der Waals surface area contributed by atoms with Crippen LogP contribution in [0.4, 0.5) is 11.5 Å². The Balaban J connectivity index is 1.92. The highest BCUT2D eigenvalue weighted by molar-refractivity contribution is 5.83. The first kappa shape index (κ1) is 10.4. The molecule has 0 radical (unpaired) electrons. The lowest BCUT2D eigenvalue weighted by molar-refractivity contribution is 0.779. The predicted octanol–water partition coefficient (Wildman–Crippen LogP) is 2.66. The molecule has 1 aromatic heterocycles. The molecule has 2 N–H and O–H groups in total. The number of nitrogens with two attached hydrogens (primary N) is 1. The SMILES string of the molecule is CN(CC1CC1)c1ccc2cc(N)ccc2n1. The molecule has 0 unspecified atom stereocenters. The molecular weight excluding hydrogens is 210 g/mol. The Hall–Kier alpha value is -1.77. The Kier molecular flexibility index (Phi) is 2.39. The highest BCUT2D eigenvalue weighted by Gasteiger charge is 2.23. The summed E-state index contributed by atoms with van der Waals surface area (Å²) in [5, 5.41) is 1.11. The van der Waals surface area contributed by atoms with Crippen molar-refractivity contribution in [3.8, 4) is 0 Å². The van der Waals surface area contributed by atoms with Crippen LogP contribution in [0, 0.1) is 5.92 Å². The zero-order chi connectivity index (χ0) is 11.8. The van der Waals surface area contributed by atoms with Crippen LogP contribution >= 0.6 is 0 Å². The summed E-state index contributed by atoms with van der Waals surface area (Å²) in [6, 6.07) is 10.0. The number of benzene rings is 1. The van der Waals surface area contributed by atoms with Crippen molar-refractivity contribution in [3.05, 3.63) is 30.3 Å². The van der Waals surface area contributed by atoms with E-state index in [1.807, 2.05) is 18.2 Å². The maximum atomic E-state index is 5.76. The van der Waals surface area contributed by atoms with Crippen molar-refractivity contribution in [2.45, 2.75) is 12.8 Å². The molecule has 3 nitrogen and oxygen atoms in total. The number of pyridine rings is 1. The molecular formula is C14H17N3. The average molecular weight is 227 g/mol. The van der Waals surface area contributed by atoms with Crippen LogP contribution < -0.4 is 10.6 Å². The number of anilines is 2. The fraction of sp³-hybridized carbons (Fsp3) is 0.357. The number of hydrogen-bond acceptors (Lipinski definition) is 3. The fourth-order valence-electron chi connectivity index (χ4n) is 2.13. The van der Waals surface area contributed by atoms with Crippen LogP contribution in [0.25, 0.3) is 10.9 Å². The average Bonchev–Trinajstić information content (AvgIpc) is 3.12. The highest BCUT2D eigenvalue weighted by Crippen LogP contribution is 2.30. The minimum atomic E-state index is 0.790. The molecule has 0 bridgehead atoms. The minimum Gasteiger partial charge on any atom is -0.399 e. The number of rotatable bonds is 3. The molecule has 0 spiro atoms. The van der Waals surface area contributed by atoms with Gasteiger partial charge in [0, 0.05) is 24.7 Å². The minimum absolute atomic E-state index is 0.790. The number of aromatic nitrogens is 1. The predicted molar refractivity (Wildman–Crippen MR) is 72.1 cm³/mol. The molecule has 1 aliphatic carbocycles. The van der Waals surface area contributed by atoms with E-state index in [0.717, 1.165) is 34.9 Å². The first-order valence-electron chi connectivity index (χ1n) is 6.10.